The van der Waals surface area contributed by atoms with Crippen molar-refractivity contribution in [1.82, 2.24) is 0 Å². The Balaban J connectivity index is 2.62. The molecule has 1 nitrogen and oxygen atoms in total. The second-order valence-electron chi connectivity index (χ2n) is 5.45. The zero-order chi connectivity index (χ0) is 12.7. The number of aliphatic hydroxyl groups excluding tert-OH is 1. The molecule has 1 atom stereocenters. The van der Waals surface area contributed by atoms with Gasteiger partial charge in [-0.15, -0.1) is 5.54 Å². The fourth-order valence-corrected chi connectivity index (χ4v) is 5.29. The van der Waals surface area contributed by atoms with E-state index in [1.54, 1.807) is 0 Å². The zero-order valence-electron chi connectivity index (χ0n) is 11.8. The Labute approximate surface area is 108 Å². The van der Waals surface area contributed by atoms with Gasteiger partial charge in [-0.05, 0) is 36.9 Å². The Kier molecular flexibility index (Phi) is 6.30. The van der Waals surface area contributed by atoms with Gasteiger partial charge in [0, 0.05) is 0 Å². The molecule has 0 saturated heterocycles. The van der Waals surface area contributed by atoms with Crippen LogP contribution in [0.4, 0.5) is 0 Å². The topological polar surface area (TPSA) is 20.2 Å². The summed E-state index contributed by atoms with van der Waals surface area (Å²) >= 11 is 0. The highest BCUT2D eigenvalue weighted by Gasteiger charge is 2.25. The highest BCUT2D eigenvalue weighted by atomic mass is 28.3. The highest BCUT2D eigenvalue weighted by Crippen LogP contribution is 2.26. The van der Waals surface area contributed by atoms with E-state index < -0.39 is 8.07 Å². The minimum atomic E-state index is -1.36. The number of rotatable bonds is 4. The number of hydrogen-bond donors (Lipinski definition) is 1. The summed E-state index contributed by atoms with van der Waals surface area (Å²) < 4.78 is 0. The minimum Gasteiger partial charge on any atom is -0.380 e. The van der Waals surface area contributed by atoms with E-state index in [2.05, 4.69) is 32.2 Å². The van der Waals surface area contributed by atoms with Crippen LogP contribution in [0.2, 0.25) is 18.1 Å². The Bertz CT molecular complexity index is 258. The Morgan fingerprint density at radius 3 is 2.06 bits per heavy atom. The third-order valence-electron chi connectivity index (χ3n) is 4.61. The van der Waals surface area contributed by atoms with Crippen molar-refractivity contribution in [2.45, 2.75) is 77.1 Å². The summed E-state index contributed by atoms with van der Waals surface area (Å²) in [6.45, 7) is 6.79. The van der Waals surface area contributed by atoms with E-state index in [-0.39, 0.29) is 6.10 Å². The molecule has 1 N–H and O–H groups in total. The van der Waals surface area contributed by atoms with Crippen LogP contribution in [0.1, 0.15) is 52.9 Å². The molecule has 0 spiro atoms. The third kappa shape index (κ3) is 4.15. The van der Waals surface area contributed by atoms with E-state index in [0.717, 1.165) is 0 Å². The molecule has 1 fully saturated rings. The Morgan fingerprint density at radius 1 is 1.06 bits per heavy atom. The standard InChI is InChI=1S/C15H28OSi/c1-4-17(5-2,6-3)13-12-15(16)14-10-8-7-9-11-14/h14-16H,4-11H2,1-3H3/t15-/m0/s1. The van der Waals surface area contributed by atoms with E-state index in [0.29, 0.717) is 5.92 Å². The summed E-state index contributed by atoms with van der Waals surface area (Å²) in [4.78, 5) is 0. The minimum absolute atomic E-state index is 0.355. The van der Waals surface area contributed by atoms with Crippen LogP contribution in [-0.2, 0) is 0 Å². The van der Waals surface area contributed by atoms with Crippen LogP contribution < -0.4 is 0 Å². The van der Waals surface area contributed by atoms with Gasteiger partial charge in [0.2, 0.25) is 0 Å². The molecular formula is C15H28OSi. The van der Waals surface area contributed by atoms with Gasteiger partial charge in [0.25, 0.3) is 0 Å². The van der Waals surface area contributed by atoms with E-state index in [9.17, 15) is 5.11 Å². The molecule has 1 rings (SSSR count). The van der Waals surface area contributed by atoms with E-state index in [1.807, 2.05) is 0 Å². The monoisotopic (exact) mass is 252 g/mol. The molecule has 17 heavy (non-hydrogen) atoms. The van der Waals surface area contributed by atoms with Gasteiger partial charge < -0.3 is 5.11 Å². The maximum atomic E-state index is 10.2. The van der Waals surface area contributed by atoms with E-state index >= 15 is 0 Å². The number of hydrogen-bond acceptors (Lipinski definition) is 1. The maximum absolute atomic E-state index is 10.2. The quantitative estimate of drug-likeness (QED) is 0.593. The molecule has 2 heteroatoms. The molecule has 0 aromatic heterocycles. The fraction of sp³-hybridized carbons (Fsp3) is 0.867. The van der Waals surface area contributed by atoms with Gasteiger partial charge in [0.15, 0.2) is 0 Å². The van der Waals surface area contributed by atoms with Crippen molar-refractivity contribution >= 4 is 8.07 Å². The van der Waals surface area contributed by atoms with Gasteiger partial charge in [-0.1, -0.05) is 46.0 Å². The molecule has 0 unspecified atom stereocenters. The van der Waals surface area contributed by atoms with Crippen LogP contribution in [0.3, 0.4) is 0 Å². The van der Waals surface area contributed by atoms with Gasteiger partial charge in [-0.25, -0.2) is 0 Å². The average molecular weight is 252 g/mol. The first-order valence-electron chi connectivity index (χ1n) is 7.38. The lowest BCUT2D eigenvalue weighted by Gasteiger charge is -2.24. The second kappa shape index (κ2) is 7.23. The normalized spacial score (nSPS) is 19.5. The van der Waals surface area contributed by atoms with Crippen molar-refractivity contribution in [2.75, 3.05) is 0 Å². The van der Waals surface area contributed by atoms with Crippen LogP contribution in [0, 0.1) is 17.4 Å². The first kappa shape index (κ1) is 14.8. The molecule has 0 aliphatic heterocycles. The highest BCUT2D eigenvalue weighted by molar-refractivity contribution is 6.87. The van der Waals surface area contributed by atoms with Gasteiger partial charge in [0.05, 0.1) is 0 Å². The van der Waals surface area contributed by atoms with Crippen molar-refractivity contribution in [1.29, 1.82) is 0 Å². The first-order valence-corrected chi connectivity index (χ1v) is 10.0. The molecular weight excluding hydrogens is 224 g/mol. The van der Waals surface area contributed by atoms with Crippen LogP contribution in [0.25, 0.3) is 0 Å². The molecule has 0 aromatic rings. The third-order valence-corrected chi connectivity index (χ3v) is 9.35. The summed E-state index contributed by atoms with van der Waals surface area (Å²) in [5.74, 6) is 3.67. The zero-order valence-corrected chi connectivity index (χ0v) is 12.8. The van der Waals surface area contributed by atoms with Crippen LogP contribution in [0.5, 0.6) is 0 Å². The molecule has 0 heterocycles. The average Bonchev–Trinajstić information content (AvgIpc) is 2.41. The molecule has 98 valence electrons. The largest absolute Gasteiger partial charge is 0.380 e. The summed E-state index contributed by atoms with van der Waals surface area (Å²) in [5, 5.41) is 10.2. The summed E-state index contributed by atoms with van der Waals surface area (Å²) in [6, 6.07) is 3.68. The second-order valence-corrected chi connectivity index (χ2v) is 10.4. The molecule has 1 aliphatic rings. The SMILES string of the molecule is CC[Si](C#C[C@H](O)C1CCCCC1)(CC)CC. The Hall–Kier alpha value is -0.263. The molecule has 0 amide bonds. The predicted molar refractivity (Wildman–Crippen MR) is 77.6 cm³/mol. The van der Waals surface area contributed by atoms with Crippen molar-refractivity contribution in [2.24, 2.45) is 5.92 Å². The summed E-state index contributed by atoms with van der Waals surface area (Å²) in [5.41, 5.74) is 3.52. The van der Waals surface area contributed by atoms with E-state index in [4.69, 9.17) is 0 Å². The maximum Gasteiger partial charge on any atom is 0.137 e. The van der Waals surface area contributed by atoms with Gasteiger partial charge in [-0.3, -0.25) is 0 Å². The van der Waals surface area contributed by atoms with Crippen LogP contribution >= 0.6 is 0 Å². The van der Waals surface area contributed by atoms with Crippen molar-refractivity contribution in [3.05, 3.63) is 0 Å². The molecule has 0 bridgehead atoms. The van der Waals surface area contributed by atoms with E-state index in [1.165, 1.54) is 50.2 Å². The number of aliphatic hydroxyl groups is 1. The van der Waals surface area contributed by atoms with Crippen molar-refractivity contribution < 1.29 is 5.11 Å². The lowest BCUT2D eigenvalue weighted by molar-refractivity contribution is 0.133. The fourth-order valence-electron chi connectivity index (χ4n) is 2.81. The van der Waals surface area contributed by atoms with Crippen LogP contribution in [0.15, 0.2) is 0 Å². The molecule has 0 radical (unpaired) electrons. The molecule has 1 aliphatic carbocycles. The summed E-state index contributed by atoms with van der Waals surface area (Å²) in [7, 11) is -1.36. The van der Waals surface area contributed by atoms with Crippen molar-refractivity contribution in [3.8, 4) is 11.5 Å². The van der Waals surface area contributed by atoms with Crippen LogP contribution in [-0.4, -0.2) is 19.3 Å². The predicted octanol–water partition coefficient (Wildman–Crippen LogP) is 3.98. The first-order chi connectivity index (χ1) is 8.17. The lowest BCUT2D eigenvalue weighted by atomic mass is 9.85. The molecule has 0 aromatic carbocycles. The molecule has 1 saturated carbocycles. The smallest absolute Gasteiger partial charge is 0.137 e. The summed E-state index contributed by atoms with van der Waals surface area (Å²) in [6.07, 6.45) is 5.90. The Morgan fingerprint density at radius 2 is 1.59 bits per heavy atom. The van der Waals surface area contributed by atoms with Gasteiger partial charge in [-0.2, -0.15) is 0 Å². The van der Waals surface area contributed by atoms with Gasteiger partial charge >= 0.3 is 0 Å². The lowest BCUT2D eigenvalue weighted by Crippen LogP contribution is -2.30. The van der Waals surface area contributed by atoms with Crippen molar-refractivity contribution in [3.63, 3.8) is 0 Å². The van der Waals surface area contributed by atoms with Gasteiger partial charge in [0.1, 0.15) is 14.2 Å².